The van der Waals surface area contributed by atoms with Gasteiger partial charge >= 0.3 is 0 Å². The van der Waals surface area contributed by atoms with Crippen molar-refractivity contribution in [3.63, 3.8) is 0 Å². The molecule has 2 unspecified atom stereocenters. The maximum absolute atomic E-state index is 13.0. The first-order valence-electron chi connectivity index (χ1n) is 10.9. The highest BCUT2D eigenvalue weighted by atomic mass is 32.2. The topological polar surface area (TPSA) is 53.8 Å². The van der Waals surface area contributed by atoms with Gasteiger partial charge in [-0.15, -0.1) is 23.5 Å². The van der Waals surface area contributed by atoms with Gasteiger partial charge in [-0.2, -0.15) is 10.2 Å². The van der Waals surface area contributed by atoms with Crippen LogP contribution in [0.1, 0.15) is 32.1 Å². The Labute approximate surface area is 186 Å². The van der Waals surface area contributed by atoms with E-state index in [0.717, 1.165) is 29.9 Å². The number of rotatable bonds is 4. The fourth-order valence-corrected chi connectivity index (χ4v) is 9.23. The van der Waals surface area contributed by atoms with E-state index < -0.39 is 0 Å². The number of hydrogen-bond donors (Lipinski definition) is 1. The van der Waals surface area contributed by atoms with Gasteiger partial charge in [0.1, 0.15) is 0 Å². The molecule has 2 aliphatic carbocycles. The number of amides is 1. The fraction of sp³-hybridized carbons (Fsp3) is 0.458. The Hall–Kier alpha value is -1.79. The zero-order valence-corrected chi connectivity index (χ0v) is 18.6. The number of benzene rings is 2. The SMILES string of the molecule is O=C(Nc1ccc(N=Nc2ccccc2)cc1)C1CC2CCCC(C1)C21SCCS1. The molecule has 6 heteroatoms. The van der Waals surface area contributed by atoms with Crippen molar-refractivity contribution in [1.82, 2.24) is 0 Å². The summed E-state index contributed by atoms with van der Waals surface area (Å²) in [6.45, 7) is 0. The molecule has 1 saturated heterocycles. The third-order valence-electron chi connectivity index (χ3n) is 6.66. The number of carbonyl (C=O) groups excluding carboxylic acids is 1. The molecule has 1 aliphatic heterocycles. The molecule has 2 aromatic rings. The van der Waals surface area contributed by atoms with Gasteiger partial charge in [-0.3, -0.25) is 4.79 Å². The van der Waals surface area contributed by atoms with Gasteiger partial charge < -0.3 is 5.32 Å². The van der Waals surface area contributed by atoms with Crippen molar-refractivity contribution < 1.29 is 4.79 Å². The van der Waals surface area contributed by atoms with Gasteiger partial charge in [0.15, 0.2) is 0 Å². The molecule has 1 heterocycles. The van der Waals surface area contributed by atoms with Gasteiger partial charge in [0.05, 0.1) is 15.5 Å². The van der Waals surface area contributed by atoms with Gasteiger partial charge in [0, 0.05) is 23.1 Å². The monoisotopic (exact) mass is 437 g/mol. The van der Waals surface area contributed by atoms with E-state index in [2.05, 4.69) is 39.1 Å². The largest absolute Gasteiger partial charge is 0.326 e. The average molecular weight is 438 g/mol. The van der Waals surface area contributed by atoms with Crippen molar-refractivity contribution in [2.75, 3.05) is 16.8 Å². The predicted octanol–water partition coefficient (Wildman–Crippen LogP) is 7.04. The molecular formula is C24H27N3OS2. The Bertz CT molecular complexity index is 894. The summed E-state index contributed by atoms with van der Waals surface area (Å²) in [4.78, 5) is 13.0. The minimum absolute atomic E-state index is 0.144. The van der Waals surface area contributed by atoms with Crippen LogP contribution in [0.2, 0.25) is 0 Å². The molecule has 1 amide bonds. The summed E-state index contributed by atoms with van der Waals surface area (Å²) in [6, 6.07) is 17.3. The summed E-state index contributed by atoms with van der Waals surface area (Å²) in [7, 11) is 0. The number of nitrogens with one attached hydrogen (secondary N) is 1. The number of carbonyl (C=O) groups is 1. The molecule has 1 spiro atoms. The van der Waals surface area contributed by atoms with Crippen molar-refractivity contribution in [3.05, 3.63) is 54.6 Å². The lowest BCUT2D eigenvalue weighted by Crippen LogP contribution is -2.48. The van der Waals surface area contributed by atoms with Crippen LogP contribution in [0, 0.1) is 17.8 Å². The molecule has 2 aromatic carbocycles. The number of hydrogen-bond acceptors (Lipinski definition) is 5. The average Bonchev–Trinajstić information content (AvgIpc) is 3.23. The van der Waals surface area contributed by atoms with Crippen molar-refractivity contribution in [1.29, 1.82) is 0 Å². The Balaban J connectivity index is 1.21. The van der Waals surface area contributed by atoms with Crippen LogP contribution < -0.4 is 5.32 Å². The predicted molar refractivity (Wildman–Crippen MR) is 127 cm³/mol. The normalized spacial score (nSPS) is 27.4. The fourth-order valence-electron chi connectivity index (χ4n) is 5.29. The molecular weight excluding hydrogens is 410 g/mol. The number of anilines is 1. The Morgan fingerprint density at radius 2 is 1.47 bits per heavy atom. The summed E-state index contributed by atoms with van der Waals surface area (Å²) >= 11 is 4.38. The van der Waals surface area contributed by atoms with E-state index in [4.69, 9.17) is 0 Å². The second kappa shape index (κ2) is 8.75. The van der Waals surface area contributed by atoms with E-state index >= 15 is 0 Å². The summed E-state index contributed by atoms with van der Waals surface area (Å²) < 4.78 is 0.417. The molecule has 3 fully saturated rings. The number of azo groups is 1. The smallest absolute Gasteiger partial charge is 0.227 e. The minimum atomic E-state index is 0.144. The van der Waals surface area contributed by atoms with Crippen LogP contribution in [0.5, 0.6) is 0 Å². The van der Waals surface area contributed by atoms with Gasteiger partial charge in [-0.1, -0.05) is 24.6 Å². The zero-order valence-electron chi connectivity index (χ0n) is 17.0. The summed E-state index contributed by atoms with van der Waals surface area (Å²) in [6.07, 6.45) is 6.02. The molecule has 3 aliphatic rings. The summed E-state index contributed by atoms with van der Waals surface area (Å²) in [5.74, 6) is 4.28. The molecule has 1 N–H and O–H groups in total. The third-order valence-corrected chi connectivity index (χ3v) is 10.7. The molecule has 156 valence electrons. The Morgan fingerprint density at radius 3 is 2.10 bits per heavy atom. The van der Waals surface area contributed by atoms with E-state index in [9.17, 15) is 4.79 Å². The highest BCUT2D eigenvalue weighted by Gasteiger charge is 2.55. The molecule has 4 nitrogen and oxygen atoms in total. The van der Waals surface area contributed by atoms with Crippen LogP contribution in [0.15, 0.2) is 64.8 Å². The molecule has 2 atom stereocenters. The van der Waals surface area contributed by atoms with Gasteiger partial charge in [-0.25, -0.2) is 0 Å². The lowest BCUT2D eigenvalue weighted by atomic mass is 9.67. The standard InChI is InChI=1S/C24H27N3OS2/c28-23(17-15-18-5-4-6-19(16-17)24(18)29-13-14-30-24)25-20-9-11-22(12-10-20)27-26-21-7-2-1-3-8-21/h1-3,7-12,17-19H,4-6,13-16H2,(H,25,28). The van der Waals surface area contributed by atoms with Crippen LogP contribution in [0.25, 0.3) is 0 Å². The molecule has 0 radical (unpaired) electrons. The molecule has 0 aromatic heterocycles. The lowest BCUT2D eigenvalue weighted by molar-refractivity contribution is -0.122. The van der Waals surface area contributed by atoms with Crippen LogP contribution in [0.3, 0.4) is 0 Å². The first kappa shape index (κ1) is 20.1. The second-order valence-corrected chi connectivity index (χ2v) is 11.5. The van der Waals surface area contributed by atoms with Gasteiger partial charge in [0.25, 0.3) is 0 Å². The first-order chi connectivity index (χ1) is 14.7. The van der Waals surface area contributed by atoms with Crippen molar-refractivity contribution in [2.24, 2.45) is 28.0 Å². The maximum atomic E-state index is 13.0. The van der Waals surface area contributed by atoms with Gasteiger partial charge in [-0.05, 0) is 73.9 Å². The Morgan fingerprint density at radius 1 is 0.867 bits per heavy atom. The maximum Gasteiger partial charge on any atom is 0.227 e. The number of thioether (sulfide) groups is 2. The third kappa shape index (κ3) is 4.04. The van der Waals surface area contributed by atoms with Crippen molar-refractivity contribution in [2.45, 2.75) is 36.2 Å². The van der Waals surface area contributed by atoms with Crippen molar-refractivity contribution >= 4 is 46.5 Å². The molecule has 2 saturated carbocycles. The highest BCUT2D eigenvalue weighted by molar-refractivity contribution is 8.21. The number of nitrogens with zero attached hydrogens (tertiary/aromatic N) is 2. The highest BCUT2D eigenvalue weighted by Crippen LogP contribution is 2.64. The van der Waals surface area contributed by atoms with E-state index in [0.29, 0.717) is 15.9 Å². The van der Waals surface area contributed by atoms with E-state index in [1.165, 1.54) is 30.8 Å². The Kier molecular flexibility index (Phi) is 5.87. The zero-order chi connectivity index (χ0) is 20.4. The molecule has 2 bridgehead atoms. The van der Waals surface area contributed by atoms with E-state index in [1.54, 1.807) is 0 Å². The minimum Gasteiger partial charge on any atom is -0.326 e. The lowest BCUT2D eigenvalue weighted by Gasteiger charge is -2.52. The van der Waals surface area contributed by atoms with Crippen LogP contribution in [-0.2, 0) is 4.79 Å². The summed E-state index contributed by atoms with van der Waals surface area (Å²) in [5.41, 5.74) is 2.45. The van der Waals surface area contributed by atoms with Crippen LogP contribution in [-0.4, -0.2) is 21.5 Å². The van der Waals surface area contributed by atoms with Gasteiger partial charge in [0.2, 0.25) is 5.91 Å². The van der Waals surface area contributed by atoms with E-state index in [1.807, 2.05) is 54.6 Å². The molecule has 5 rings (SSSR count). The quantitative estimate of drug-likeness (QED) is 0.522. The van der Waals surface area contributed by atoms with E-state index in [-0.39, 0.29) is 11.8 Å². The molecule has 30 heavy (non-hydrogen) atoms. The second-order valence-electron chi connectivity index (χ2n) is 8.48. The van der Waals surface area contributed by atoms with Crippen LogP contribution >= 0.6 is 23.5 Å². The summed E-state index contributed by atoms with van der Waals surface area (Å²) in [5, 5.41) is 11.7. The van der Waals surface area contributed by atoms with Crippen LogP contribution in [0.4, 0.5) is 17.1 Å². The van der Waals surface area contributed by atoms with Crippen molar-refractivity contribution in [3.8, 4) is 0 Å². The first-order valence-corrected chi connectivity index (χ1v) is 12.9.